The van der Waals surface area contributed by atoms with E-state index in [1.165, 1.54) is 0 Å². The predicted molar refractivity (Wildman–Crippen MR) is 135 cm³/mol. The van der Waals surface area contributed by atoms with Gasteiger partial charge in [-0.1, -0.05) is 53.2 Å². The van der Waals surface area contributed by atoms with E-state index in [1.54, 1.807) is 0 Å². The maximum Gasteiger partial charge on any atom is 0.310 e. The highest BCUT2D eigenvalue weighted by molar-refractivity contribution is 5.77. The number of aliphatic carboxylic acids is 1. The van der Waals surface area contributed by atoms with E-state index in [0.29, 0.717) is 25.2 Å². The van der Waals surface area contributed by atoms with E-state index in [9.17, 15) is 25.2 Å². The van der Waals surface area contributed by atoms with E-state index in [1.807, 2.05) is 6.92 Å². The van der Waals surface area contributed by atoms with Crippen molar-refractivity contribution in [1.82, 2.24) is 0 Å². The number of hydrogen-bond acceptors (Lipinski definition) is 4. The van der Waals surface area contributed by atoms with Gasteiger partial charge >= 0.3 is 5.97 Å². The molecule has 0 bridgehead atoms. The van der Waals surface area contributed by atoms with Gasteiger partial charge in [-0.15, -0.1) is 0 Å². The molecule has 198 valence electrons. The van der Waals surface area contributed by atoms with Gasteiger partial charge in [0.05, 0.1) is 23.2 Å². The van der Waals surface area contributed by atoms with Crippen molar-refractivity contribution in [2.24, 2.45) is 50.7 Å². The van der Waals surface area contributed by atoms with Crippen LogP contribution in [0.15, 0.2) is 11.6 Å². The Hall–Kier alpha value is -0.910. The molecule has 0 radical (unpaired) electrons. The molecule has 35 heavy (non-hydrogen) atoms. The Balaban J connectivity index is 1.67. The molecule has 5 rings (SSSR count). The third-order valence-corrected chi connectivity index (χ3v) is 13.3. The molecule has 5 heteroatoms. The second kappa shape index (κ2) is 7.35. The molecule has 4 N–H and O–H groups in total. The van der Waals surface area contributed by atoms with Crippen molar-refractivity contribution in [3.63, 3.8) is 0 Å². The van der Waals surface area contributed by atoms with Crippen LogP contribution < -0.4 is 0 Å². The van der Waals surface area contributed by atoms with Gasteiger partial charge in [0.15, 0.2) is 0 Å². The van der Waals surface area contributed by atoms with Crippen molar-refractivity contribution in [3.05, 3.63) is 11.6 Å². The van der Waals surface area contributed by atoms with Crippen molar-refractivity contribution < 1.29 is 25.2 Å². The summed E-state index contributed by atoms with van der Waals surface area (Å²) in [6.45, 7) is 15.2. The number of hydrogen-bond donors (Lipinski definition) is 4. The largest absolute Gasteiger partial charge is 0.481 e. The summed E-state index contributed by atoms with van der Waals surface area (Å²) in [4.78, 5) is 12.8. The molecular weight excluding hydrogens is 440 g/mol. The van der Waals surface area contributed by atoms with Crippen molar-refractivity contribution in [2.45, 2.75) is 118 Å². The highest BCUT2D eigenvalue weighted by Gasteiger charge is 2.72. The van der Waals surface area contributed by atoms with Gasteiger partial charge in [0.1, 0.15) is 0 Å². The topological polar surface area (TPSA) is 98.0 Å². The van der Waals surface area contributed by atoms with E-state index in [2.05, 4.69) is 47.6 Å². The van der Waals surface area contributed by atoms with Crippen LogP contribution in [-0.2, 0) is 4.79 Å². The van der Waals surface area contributed by atoms with Crippen LogP contribution in [0, 0.1) is 50.7 Å². The monoisotopic (exact) mass is 488 g/mol. The molecule has 4 saturated carbocycles. The van der Waals surface area contributed by atoms with Gasteiger partial charge in [0.2, 0.25) is 0 Å². The number of aliphatic hydroxyl groups excluding tert-OH is 2. The Labute approximate surface area is 211 Å². The molecule has 0 spiro atoms. The molecule has 5 aliphatic carbocycles. The average Bonchev–Trinajstić information content (AvgIpc) is 2.74. The van der Waals surface area contributed by atoms with Crippen LogP contribution in [0.25, 0.3) is 0 Å². The third-order valence-electron chi connectivity index (χ3n) is 13.3. The van der Waals surface area contributed by atoms with E-state index < -0.39 is 35.1 Å². The van der Waals surface area contributed by atoms with E-state index >= 15 is 0 Å². The lowest BCUT2D eigenvalue weighted by molar-refractivity contribution is -0.247. The van der Waals surface area contributed by atoms with Gasteiger partial charge < -0.3 is 20.4 Å². The smallest absolute Gasteiger partial charge is 0.310 e. The van der Waals surface area contributed by atoms with Crippen molar-refractivity contribution in [2.75, 3.05) is 0 Å². The van der Waals surface area contributed by atoms with Gasteiger partial charge in [-0.05, 0) is 97.7 Å². The molecule has 0 saturated heterocycles. The summed E-state index contributed by atoms with van der Waals surface area (Å²) in [5, 5.41) is 45.1. The quantitative estimate of drug-likeness (QED) is 0.382. The summed E-state index contributed by atoms with van der Waals surface area (Å²) in [6, 6.07) is 0. The molecule has 5 aliphatic rings. The SMILES string of the molecule is C[C@@H]1CC[C@]2(C(=O)O)CC[C@]3(C)C(=CC[C@H]4[C@@]5(C)CC[C@H](O)C(C)(C)[C@@H]5[C@H](O)C[C@]43C)[C@@H]2[C@]1(C)O. The van der Waals surface area contributed by atoms with E-state index in [-0.39, 0.29) is 33.5 Å². The Morgan fingerprint density at radius 2 is 1.63 bits per heavy atom. The summed E-state index contributed by atoms with van der Waals surface area (Å²) >= 11 is 0. The molecular formula is C30H48O5. The zero-order valence-electron chi connectivity index (χ0n) is 22.9. The van der Waals surface area contributed by atoms with Crippen LogP contribution in [0.1, 0.15) is 99.8 Å². The Morgan fingerprint density at radius 3 is 2.26 bits per heavy atom. The number of aliphatic hydroxyl groups is 3. The van der Waals surface area contributed by atoms with Gasteiger partial charge in [-0.2, -0.15) is 0 Å². The van der Waals surface area contributed by atoms with Gasteiger partial charge in [0, 0.05) is 5.92 Å². The van der Waals surface area contributed by atoms with Crippen molar-refractivity contribution >= 4 is 5.97 Å². The zero-order valence-corrected chi connectivity index (χ0v) is 22.9. The summed E-state index contributed by atoms with van der Waals surface area (Å²) < 4.78 is 0. The lowest BCUT2D eigenvalue weighted by atomic mass is 9.32. The fraction of sp³-hybridized carbons (Fsp3) is 0.900. The summed E-state index contributed by atoms with van der Waals surface area (Å²) in [6.07, 6.45) is 7.27. The summed E-state index contributed by atoms with van der Waals surface area (Å²) in [5.41, 5.74) is -1.80. The lowest BCUT2D eigenvalue weighted by Gasteiger charge is -2.72. The standard InChI is InChI=1S/C30H48O5/c1-17-10-13-30(24(33)34)15-14-27(5)18(22(30)29(17,7)35)8-9-20-26(4)12-11-21(32)25(2,3)23(26)19(31)16-28(20,27)6/h8,17,19-23,31-32,35H,9-16H2,1-7H3,(H,33,34)/t17-,19-,20+,21+,22-,23+,26-,27-,28-,29-,30+/m1/s1. The average molecular weight is 489 g/mol. The molecule has 5 nitrogen and oxygen atoms in total. The molecule has 0 aromatic heterocycles. The minimum atomic E-state index is -1.08. The zero-order chi connectivity index (χ0) is 26.0. The molecule has 0 aromatic rings. The van der Waals surface area contributed by atoms with Crippen LogP contribution in [0.5, 0.6) is 0 Å². The van der Waals surface area contributed by atoms with Crippen LogP contribution in [0.4, 0.5) is 0 Å². The van der Waals surface area contributed by atoms with Crippen LogP contribution in [0.3, 0.4) is 0 Å². The van der Waals surface area contributed by atoms with Crippen LogP contribution >= 0.6 is 0 Å². The Kier molecular flexibility index (Phi) is 5.40. The van der Waals surface area contributed by atoms with Gasteiger partial charge in [0.25, 0.3) is 0 Å². The fourth-order valence-electron chi connectivity index (χ4n) is 11.0. The maximum absolute atomic E-state index is 12.8. The predicted octanol–water partition coefficient (Wildman–Crippen LogP) is 5.18. The first-order chi connectivity index (χ1) is 16.0. The minimum Gasteiger partial charge on any atom is -0.481 e. The highest BCUT2D eigenvalue weighted by atomic mass is 16.4. The van der Waals surface area contributed by atoms with E-state index in [0.717, 1.165) is 37.7 Å². The lowest BCUT2D eigenvalue weighted by Crippen LogP contribution is -2.70. The van der Waals surface area contributed by atoms with Crippen molar-refractivity contribution in [1.29, 1.82) is 0 Å². The van der Waals surface area contributed by atoms with Gasteiger partial charge in [-0.25, -0.2) is 0 Å². The van der Waals surface area contributed by atoms with Crippen LogP contribution in [0.2, 0.25) is 0 Å². The number of rotatable bonds is 1. The number of carboxylic acid groups (broad SMARTS) is 1. The van der Waals surface area contributed by atoms with E-state index in [4.69, 9.17) is 0 Å². The number of allylic oxidation sites excluding steroid dienone is 1. The fourth-order valence-corrected chi connectivity index (χ4v) is 11.0. The first-order valence-electron chi connectivity index (χ1n) is 14.0. The molecule has 11 atom stereocenters. The molecule has 0 heterocycles. The minimum absolute atomic E-state index is 0.0230. The normalized spacial score (nSPS) is 57.1. The second-order valence-electron chi connectivity index (χ2n) is 14.9. The maximum atomic E-state index is 12.8. The molecule has 0 amide bonds. The second-order valence-corrected chi connectivity index (χ2v) is 14.9. The molecule has 0 unspecified atom stereocenters. The first-order valence-corrected chi connectivity index (χ1v) is 14.0. The third kappa shape index (κ3) is 2.90. The summed E-state index contributed by atoms with van der Waals surface area (Å²) in [7, 11) is 0. The Morgan fingerprint density at radius 1 is 0.971 bits per heavy atom. The number of carboxylic acids is 1. The molecule has 0 aliphatic heterocycles. The Bertz CT molecular complexity index is 952. The molecule has 4 fully saturated rings. The first kappa shape index (κ1) is 25.7. The number of fused-ring (bicyclic) bond motifs is 7. The highest BCUT2D eigenvalue weighted by Crippen LogP contribution is 2.76. The van der Waals surface area contributed by atoms with Crippen molar-refractivity contribution in [3.8, 4) is 0 Å². The van der Waals surface area contributed by atoms with Crippen LogP contribution in [-0.4, -0.2) is 44.2 Å². The molecule has 0 aromatic carbocycles. The number of carbonyl (C=O) groups is 1. The summed E-state index contributed by atoms with van der Waals surface area (Å²) in [5.74, 6) is -0.765. The van der Waals surface area contributed by atoms with Gasteiger partial charge in [-0.3, -0.25) is 4.79 Å².